The van der Waals surface area contributed by atoms with Crippen LogP contribution in [0.4, 0.5) is 0 Å². The predicted molar refractivity (Wildman–Crippen MR) is 306 cm³/mol. The lowest BCUT2D eigenvalue weighted by Crippen LogP contribution is -2.14. The number of nitrogens with zero attached hydrogens (tertiary/aromatic N) is 2. The third-order valence-corrected chi connectivity index (χ3v) is 16.9. The van der Waals surface area contributed by atoms with E-state index in [4.69, 9.17) is 18.8 Å². The maximum Gasteiger partial charge on any atom is 0.147 e. The van der Waals surface area contributed by atoms with Crippen molar-refractivity contribution in [3.8, 4) is 66.9 Å². The van der Waals surface area contributed by atoms with Gasteiger partial charge in [-0.3, -0.25) is 4.98 Å². The summed E-state index contributed by atoms with van der Waals surface area (Å²) in [5.74, 6) is 0. The lowest BCUT2D eigenvalue weighted by molar-refractivity contribution is 0.658. The minimum atomic E-state index is -0.112. The maximum atomic E-state index is 6.73. The molecule has 0 saturated heterocycles. The van der Waals surface area contributed by atoms with Crippen LogP contribution in [0.1, 0.15) is 49.9 Å². The molecule has 0 unspecified atom stereocenters. The molecule has 0 saturated carbocycles. The minimum absolute atomic E-state index is 0.103. The standard InChI is InChI=1S/C70H46N2O2/c1-69(2)57-20-9-5-16-47(57)49-30-26-41(35-59(49)69)39-24-28-45-46-29-25-40(42-27-31-50-48-17-6-10-21-58(48)70(3,4)60(50)36-42)34-54(46)66-65(53(45)33-39)71-38-61(72-66)43-14-13-15-44(32-43)64-67-55(51-18-7-11-22-62(51)73-67)37-56-52-19-8-12-23-63(52)74-68(56)64/h5-38H,1-4H3. The maximum absolute atomic E-state index is 6.73. The molecule has 0 fully saturated rings. The largest absolute Gasteiger partial charge is 0.455 e. The molecule has 0 atom stereocenters. The van der Waals surface area contributed by atoms with E-state index in [2.05, 4.69) is 204 Å². The number of fused-ring (bicyclic) bond motifs is 18. The third-order valence-electron chi connectivity index (χ3n) is 16.9. The van der Waals surface area contributed by atoms with Gasteiger partial charge in [0.2, 0.25) is 0 Å². The van der Waals surface area contributed by atoms with Crippen LogP contribution in [0.3, 0.4) is 0 Å². The van der Waals surface area contributed by atoms with E-state index in [1.807, 2.05) is 30.5 Å². The molecule has 2 aliphatic rings. The fraction of sp³-hybridized carbons (Fsp3) is 0.0857. The average Bonchev–Trinajstić information content (AvgIpc) is 4.18. The van der Waals surface area contributed by atoms with E-state index in [0.29, 0.717) is 0 Å². The Morgan fingerprint density at radius 2 is 0.797 bits per heavy atom. The summed E-state index contributed by atoms with van der Waals surface area (Å²) in [7, 11) is 0. The van der Waals surface area contributed by atoms with E-state index in [0.717, 1.165) is 110 Å². The van der Waals surface area contributed by atoms with E-state index < -0.39 is 0 Å². The Kier molecular flexibility index (Phi) is 8.27. The summed E-state index contributed by atoms with van der Waals surface area (Å²) in [5, 5.41) is 8.72. The predicted octanol–water partition coefficient (Wildman–Crippen LogP) is 19.0. The molecule has 2 aliphatic carbocycles. The summed E-state index contributed by atoms with van der Waals surface area (Å²) in [6.45, 7) is 9.39. The van der Waals surface area contributed by atoms with Gasteiger partial charge in [-0.1, -0.05) is 179 Å². The van der Waals surface area contributed by atoms with Gasteiger partial charge < -0.3 is 8.83 Å². The van der Waals surface area contributed by atoms with Crippen LogP contribution in [-0.2, 0) is 10.8 Å². The van der Waals surface area contributed by atoms with E-state index in [1.165, 1.54) is 55.6 Å². The highest BCUT2D eigenvalue weighted by atomic mass is 16.3. The molecule has 0 spiro atoms. The number of hydrogen-bond acceptors (Lipinski definition) is 4. The summed E-state index contributed by atoms with van der Waals surface area (Å²) >= 11 is 0. The molecular formula is C70H46N2O2. The van der Waals surface area contributed by atoms with Crippen LogP contribution in [0.15, 0.2) is 215 Å². The molecule has 0 amide bonds. The number of furan rings is 2. The number of para-hydroxylation sites is 2. The highest BCUT2D eigenvalue weighted by Gasteiger charge is 2.37. The Hall–Kier alpha value is -9.12. The fourth-order valence-electron chi connectivity index (χ4n) is 13.1. The smallest absolute Gasteiger partial charge is 0.147 e. The molecule has 348 valence electrons. The summed E-state index contributed by atoms with van der Waals surface area (Å²) in [5.41, 5.74) is 23.9. The van der Waals surface area contributed by atoms with E-state index in [9.17, 15) is 0 Å². The van der Waals surface area contributed by atoms with Gasteiger partial charge in [-0.25, -0.2) is 4.98 Å². The van der Waals surface area contributed by atoms with Crippen LogP contribution in [0.25, 0.3) is 143 Å². The van der Waals surface area contributed by atoms with Gasteiger partial charge in [-0.15, -0.1) is 0 Å². The zero-order valence-electron chi connectivity index (χ0n) is 41.3. The number of aromatic nitrogens is 2. The quantitative estimate of drug-likeness (QED) is 0.165. The van der Waals surface area contributed by atoms with Crippen LogP contribution < -0.4 is 0 Å². The molecule has 0 bridgehead atoms. The second kappa shape index (κ2) is 14.7. The SMILES string of the molecule is CC1(C)c2ccccc2-c2ccc(-c3ccc4c5ccc(-c6ccc7c(c6)C(C)(C)c6ccccc6-7)cc5c5nc(-c6cccc(-c7c8oc9ccccc9c8cc8c7oc7ccccc78)c6)cnc5c4c3)cc21. The Morgan fingerprint density at radius 3 is 1.38 bits per heavy atom. The molecule has 0 N–H and O–H groups in total. The topological polar surface area (TPSA) is 52.1 Å². The van der Waals surface area contributed by atoms with E-state index in [1.54, 1.807) is 0 Å². The van der Waals surface area contributed by atoms with Crippen molar-refractivity contribution in [3.63, 3.8) is 0 Å². The van der Waals surface area contributed by atoms with Crippen molar-refractivity contribution in [1.82, 2.24) is 9.97 Å². The first-order valence-electron chi connectivity index (χ1n) is 25.7. The molecule has 14 aromatic rings. The van der Waals surface area contributed by atoms with Crippen molar-refractivity contribution >= 4 is 76.5 Å². The number of rotatable bonds is 4. The lowest BCUT2D eigenvalue weighted by atomic mass is 9.81. The summed E-state index contributed by atoms with van der Waals surface area (Å²) in [6.07, 6.45) is 1.96. The normalized spacial score (nSPS) is 14.2. The van der Waals surface area contributed by atoms with Crippen molar-refractivity contribution in [2.24, 2.45) is 0 Å². The van der Waals surface area contributed by atoms with Gasteiger partial charge in [0.05, 0.1) is 28.5 Å². The van der Waals surface area contributed by atoms with Crippen molar-refractivity contribution in [2.45, 2.75) is 38.5 Å². The number of hydrogen-bond donors (Lipinski definition) is 0. The molecule has 3 heterocycles. The number of benzene rings is 11. The highest BCUT2D eigenvalue weighted by molar-refractivity contribution is 6.25. The molecule has 4 nitrogen and oxygen atoms in total. The van der Waals surface area contributed by atoms with Crippen LogP contribution in [-0.4, -0.2) is 9.97 Å². The fourth-order valence-corrected chi connectivity index (χ4v) is 13.1. The van der Waals surface area contributed by atoms with Crippen molar-refractivity contribution in [1.29, 1.82) is 0 Å². The summed E-state index contributed by atoms with van der Waals surface area (Å²) < 4.78 is 13.5. The first kappa shape index (κ1) is 41.5. The van der Waals surface area contributed by atoms with E-state index >= 15 is 0 Å². The second-order valence-corrected chi connectivity index (χ2v) is 21.6. The molecule has 3 aromatic heterocycles. The van der Waals surface area contributed by atoms with Gasteiger partial charge in [0.25, 0.3) is 0 Å². The Bertz CT molecular complexity index is 4710. The third kappa shape index (κ3) is 5.68. The zero-order chi connectivity index (χ0) is 49.2. The molecule has 16 rings (SSSR count). The van der Waals surface area contributed by atoms with E-state index in [-0.39, 0.29) is 10.8 Å². The van der Waals surface area contributed by atoms with Crippen molar-refractivity contribution in [2.75, 3.05) is 0 Å². The minimum Gasteiger partial charge on any atom is -0.455 e. The molecular weight excluding hydrogens is 901 g/mol. The molecule has 11 aromatic carbocycles. The van der Waals surface area contributed by atoms with Crippen LogP contribution in [0, 0.1) is 0 Å². The van der Waals surface area contributed by atoms with Crippen LogP contribution in [0.5, 0.6) is 0 Å². The Labute approximate surface area is 427 Å². The molecule has 0 radical (unpaired) electrons. The van der Waals surface area contributed by atoms with Gasteiger partial charge >= 0.3 is 0 Å². The van der Waals surface area contributed by atoms with Gasteiger partial charge in [0, 0.05) is 48.7 Å². The zero-order valence-corrected chi connectivity index (χ0v) is 41.3. The average molecular weight is 947 g/mol. The molecule has 74 heavy (non-hydrogen) atoms. The van der Waals surface area contributed by atoms with Crippen LogP contribution >= 0.6 is 0 Å². The van der Waals surface area contributed by atoms with Crippen molar-refractivity contribution in [3.05, 3.63) is 229 Å². The Balaban J connectivity index is 0.901. The second-order valence-electron chi connectivity index (χ2n) is 21.6. The molecule has 0 aliphatic heterocycles. The summed E-state index contributed by atoms with van der Waals surface area (Å²) in [6, 6.07) is 73.0. The summed E-state index contributed by atoms with van der Waals surface area (Å²) in [4.78, 5) is 11.1. The highest BCUT2D eigenvalue weighted by Crippen LogP contribution is 2.52. The van der Waals surface area contributed by atoms with Gasteiger partial charge in [0.15, 0.2) is 0 Å². The first-order chi connectivity index (χ1) is 36.2. The van der Waals surface area contributed by atoms with Gasteiger partial charge in [0.1, 0.15) is 22.3 Å². The Morgan fingerprint density at radius 1 is 0.324 bits per heavy atom. The monoisotopic (exact) mass is 946 g/mol. The first-order valence-corrected chi connectivity index (χ1v) is 25.7. The van der Waals surface area contributed by atoms with Crippen molar-refractivity contribution < 1.29 is 8.83 Å². The molecule has 4 heteroatoms. The lowest BCUT2D eigenvalue weighted by Gasteiger charge is -2.22. The van der Waals surface area contributed by atoms with Gasteiger partial charge in [-0.2, -0.15) is 0 Å². The van der Waals surface area contributed by atoms with Crippen LogP contribution in [0.2, 0.25) is 0 Å². The van der Waals surface area contributed by atoms with Gasteiger partial charge in [-0.05, 0) is 132 Å².